The number of aryl methyl sites for hydroxylation is 1. The van der Waals surface area contributed by atoms with Crippen LogP contribution in [-0.4, -0.2) is 36.0 Å². The van der Waals surface area contributed by atoms with Crippen molar-refractivity contribution in [3.8, 4) is 0 Å². The molecule has 0 bridgehead atoms. The number of guanidine groups is 1. The average Bonchev–Trinajstić information content (AvgIpc) is 3.03. The van der Waals surface area contributed by atoms with Crippen LogP contribution in [0.25, 0.3) is 6.08 Å². The lowest BCUT2D eigenvalue weighted by Gasteiger charge is -2.31. The van der Waals surface area contributed by atoms with E-state index in [0.717, 1.165) is 43.4 Å². The third-order valence-corrected chi connectivity index (χ3v) is 5.09. The van der Waals surface area contributed by atoms with Crippen LogP contribution >= 0.6 is 11.3 Å². The Morgan fingerprint density at radius 2 is 2.04 bits per heavy atom. The van der Waals surface area contributed by atoms with Crippen molar-refractivity contribution in [1.29, 1.82) is 0 Å². The van der Waals surface area contributed by atoms with Crippen molar-refractivity contribution < 1.29 is 0 Å². The summed E-state index contributed by atoms with van der Waals surface area (Å²) in [6, 6.07) is 10.6. The maximum absolute atomic E-state index is 4.44. The van der Waals surface area contributed by atoms with Crippen LogP contribution in [0.3, 0.4) is 0 Å². The molecular weight excluding hydrogens is 316 g/mol. The van der Waals surface area contributed by atoms with Gasteiger partial charge in [-0.2, -0.15) is 0 Å². The second-order valence-corrected chi connectivity index (χ2v) is 7.27. The first kappa shape index (κ1) is 16.7. The molecule has 4 nitrogen and oxygen atoms in total. The number of rotatable bonds is 3. The van der Waals surface area contributed by atoms with Crippen molar-refractivity contribution in [3.63, 3.8) is 0 Å². The second kappa shape index (κ2) is 8.11. The minimum absolute atomic E-state index is 0.793. The topological polar surface area (TPSA) is 40.5 Å². The molecule has 0 saturated carbocycles. The van der Waals surface area contributed by atoms with E-state index in [2.05, 4.69) is 56.6 Å². The minimum atomic E-state index is 0.793. The zero-order valence-corrected chi connectivity index (χ0v) is 15.1. The summed E-state index contributed by atoms with van der Waals surface area (Å²) in [4.78, 5) is 12.3. The first-order valence-corrected chi connectivity index (χ1v) is 9.17. The highest BCUT2D eigenvalue weighted by atomic mass is 32.1. The zero-order chi connectivity index (χ0) is 16.8. The molecule has 0 atom stereocenters. The Labute approximate surface area is 148 Å². The largest absolute Gasteiger partial charge is 0.351 e. The molecule has 0 spiro atoms. The molecule has 1 N–H and O–H groups in total. The van der Waals surface area contributed by atoms with Crippen LogP contribution in [0, 0.1) is 6.92 Å². The molecule has 1 saturated heterocycles. The Bertz CT molecular complexity index is 708. The molecule has 2 heterocycles. The van der Waals surface area contributed by atoms with E-state index in [1.807, 2.05) is 20.2 Å². The Morgan fingerprint density at radius 1 is 1.29 bits per heavy atom. The number of hydrogen-bond donors (Lipinski definition) is 1. The molecule has 1 aliphatic heterocycles. The quantitative estimate of drug-likeness (QED) is 0.684. The molecule has 3 rings (SSSR count). The summed E-state index contributed by atoms with van der Waals surface area (Å²) < 4.78 is 0. The van der Waals surface area contributed by atoms with Crippen molar-refractivity contribution >= 4 is 23.4 Å². The van der Waals surface area contributed by atoms with Gasteiger partial charge in [-0.3, -0.25) is 4.99 Å². The van der Waals surface area contributed by atoms with Gasteiger partial charge in [-0.1, -0.05) is 42.0 Å². The molecule has 5 heteroatoms. The Kier molecular flexibility index (Phi) is 5.64. The average molecular weight is 340 g/mol. The van der Waals surface area contributed by atoms with E-state index in [1.54, 1.807) is 11.3 Å². The fraction of sp³-hybridized carbons (Fsp3) is 0.368. The molecular formula is C19H24N4S. The first-order valence-electron chi connectivity index (χ1n) is 8.36. The highest BCUT2D eigenvalue weighted by molar-refractivity contribution is 7.11. The molecule has 0 amide bonds. The Morgan fingerprint density at radius 3 is 2.67 bits per heavy atom. The lowest BCUT2D eigenvalue weighted by Crippen LogP contribution is -2.44. The number of nitrogens with zero attached hydrogens (tertiary/aromatic N) is 3. The van der Waals surface area contributed by atoms with E-state index in [9.17, 15) is 0 Å². The van der Waals surface area contributed by atoms with Crippen molar-refractivity contribution in [2.75, 3.05) is 20.1 Å². The smallest absolute Gasteiger partial charge is 0.193 e. The second-order valence-electron chi connectivity index (χ2n) is 5.95. The highest BCUT2D eigenvalue weighted by Gasteiger charge is 2.17. The molecule has 1 aliphatic rings. The van der Waals surface area contributed by atoms with Gasteiger partial charge in [0.05, 0.1) is 11.6 Å². The molecule has 1 fully saturated rings. The lowest BCUT2D eigenvalue weighted by atomic mass is 10.0. The summed E-state index contributed by atoms with van der Waals surface area (Å²) in [5.41, 5.74) is 2.81. The van der Waals surface area contributed by atoms with Crippen LogP contribution < -0.4 is 5.32 Å². The number of hydrogen-bond acceptors (Lipinski definition) is 3. The van der Waals surface area contributed by atoms with Crippen LogP contribution in [0.1, 0.15) is 28.3 Å². The normalized spacial score (nSPS) is 15.5. The Hall–Kier alpha value is -2.14. The van der Waals surface area contributed by atoms with Gasteiger partial charge in [0, 0.05) is 31.2 Å². The first-order chi connectivity index (χ1) is 11.7. The maximum atomic E-state index is 4.44. The Balaban J connectivity index is 1.53. The summed E-state index contributed by atoms with van der Waals surface area (Å²) >= 11 is 1.73. The van der Waals surface area contributed by atoms with Gasteiger partial charge in [-0.15, -0.1) is 11.3 Å². The highest BCUT2D eigenvalue weighted by Crippen LogP contribution is 2.19. The number of thiazole rings is 1. The van der Waals surface area contributed by atoms with Crippen molar-refractivity contribution in [2.45, 2.75) is 26.3 Å². The van der Waals surface area contributed by atoms with Gasteiger partial charge in [0.25, 0.3) is 0 Å². The number of aliphatic imine (C=N–C) groups is 1. The molecule has 2 aromatic rings. The van der Waals surface area contributed by atoms with Crippen molar-refractivity contribution in [2.24, 2.45) is 4.99 Å². The molecule has 0 radical (unpaired) electrons. The number of aromatic nitrogens is 1. The maximum Gasteiger partial charge on any atom is 0.193 e. The van der Waals surface area contributed by atoms with E-state index in [1.165, 1.54) is 16.0 Å². The predicted octanol–water partition coefficient (Wildman–Crippen LogP) is 3.71. The third kappa shape index (κ3) is 4.45. The van der Waals surface area contributed by atoms with Gasteiger partial charge in [-0.05, 0) is 25.3 Å². The summed E-state index contributed by atoms with van der Waals surface area (Å²) in [5, 5.41) is 4.57. The number of likely N-dealkylation sites (tertiary alicyclic amines) is 1. The van der Waals surface area contributed by atoms with Crippen LogP contribution in [-0.2, 0) is 6.54 Å². The van der Waals surface area contributed by atoms with E-state index in [0.29, 0.717) is 0 Å². The van der Waals surface area contributed by atoms with Crippen molar-refractivity contribution in [3.05, 3.63) is 57.6 Å². The van der Waals surface area contributed by atoms with E-state index in [4.69, 9.17) is 0 Å². The molecule has 24 heavy (non-hydrogen) atoms. The van der Waals surface area contributed by atoms with Gasteiger partial charge in [0.15, 0.2) is 5.96 Å². The van der Waals surface area contributed by atoms with Crippen LogP contribution in [0.15, 0.2) is 47.1 Å². The standard InChI is InChI=1S/C19H24N4S/c1-15-21-13-18(24-15)14-22-19(20-2)23-10-8-17(9-11-23)12-16-6-4-3-5-7-16/h3-7,12-13H,8-11,14H2,1-2H3,(H,20,22). The van der Waals surface area contributed by atoms with E-state index >= 15 is 0 Å². The van der Waals surface area contributed by atoms with Crippen LogP contribution in [0.4, 0.5) is 0 Å². The van der Waals surface area contributed by atoms with Gasteiger partial charge in [0.1, 0.15) is 0 Å². The minimum Gasteiger partial charge on any atom is -0.351 e. The summed E-state index contributed by atoms with van der Waals surface area (Å²) in [5.74, 6) is 0.986. The fourth-order valence-corrected chi connectivity index (χ4v) is 3.66. The van der Waals surface area contributed by atoms with E-state index in [-0.39, 0.29) is 0 Å². The molecule has 1 aromatic carbocycles. The molecule has 0 aliphatic carbocycles. The fourth-order valence-electron chi connectivity index (χ4n) is 2.92. The lowest BCUT2D eigenvalue weighted by molar-refractivity contribution is 0.375. The van der Waals surface area contributed by atoms with Crippen LogP contribution in [0.2, 0.25) is 0 Å². The van der Waals surface area contributed by atoms with Gasteiger partial charge < -0.3 is 10.2 Å². The number of piperidine rings is 1. The zero-order valence-electron chi connectivity index (χ0n) is 14.3. The van der Waals surface area contributed by atoms with Gasteiger partial charge in [-0.25, -0.2) is 4.98 Å². The number of benzene rings is 1. The van der Waals surface area contributed by atoms with E-state index < -0.39 is 0 Å². The monoisotopic (exact) mass is 340 g/mol. The van der Waals surface area contributed by atoms with Crippen molar-refractivity contribution in [1.82, 2.24) is 15.2 Å². The van der Waals surface area contributed by atoms with Crippen LogP contribution in [0.5, 0.6) is 0 Å². The summed E-state index contributed by atoms with van der Waals surface area (Å²) in [7, 11) is 1.86. The third-order valence-electron chi connectivity index (χ3n) is 4.18. The summed E-state index contributed by atoms with van der Waals surface area (Å²) in [6.07, 6.45) is 6.45. The number of nitrogens with one attached hydrogen (secondary N) is 1. The predicted molar refractivity (Wildman–Crippen MR) is 102 cm³/mol. The molecule has 1 aromatic heterocycles. The summed E-state index contributed by atoms with van der Waals surface area (Å²) in [6.45, 7) is 4.86. The molecule has 126 valence electrons. The molecule has 0 unspecified atom stereocenters. The van der Waals surface area contributed by atoms with Gasteiger partial charge >= 0.3 is 0 Å². The van der Waals surface area contributed by atoms with Gasteiger partial charge in [0.2, 0.25) is 0 Å². The SMILES string of the molecule is CN=C(NCc1cnc(C)s1)N1CCC(=Cc2ccccc2)CC1.